The maximum absolute atomic E-state index is 11.3. The summed E-state index contributed by atoms with van der Waals surface area (Å²) in [5.41, 5.74) is 0.347. The normalized spacial score (nSPS) is 9.80. The summed E-state index contributed by atoms with van der Waals surface area (Å²) in [5.74, 6) is -0.359. The van der Waals surface area contributed by atoms with E-state index in [-0.39, 0.29) is 23.8 Å². The van der Waals surface area contributed by atoms with E-state index in [0.717, 1.165) is 0 Å². The van der Waals surface area contributed by atoms with Crippen LogP contribution in [0.2, 0.25) is 0 Å². The molecule has 1 rings (SSSR count). The molecule has 5 nitrogen and oxygen atoms in total. The molecule has 5 heteroatoms. The number of aromatic nitrogens is 2. The van der Waals surface area contributed by atoms with E-state index in [1.165, 1.54) is 13.0 Å². The molecule has 0 radical (unpaired) electrons. The first-order chi connectivity index (χ1) is 7.04. The van der Waals surface area contributed by atoms with Crippen molar-refractivity contribution in [3.63, 3.8) is 0 Å². The topological polar surface area (TPSA) is 69.2 Å². The number of hydrogen-bond acceptors (Lipinski definition) is 5. The summed E-state index contributed by atoms with van der Waals surface area (Å²) in [4.78, 5) is 30.2. The molecule has 0 aliphatic heterocycles. The molecule has 0 aliphatic carbocycles. The first-order valence-electron chi connectivity index (χ1n) is 4.58. The van der Waals surface area contributed by atoms with E-state index in [0.29, 0.717) is 5.82 Å². The average Bonchev–Trinajstić information content (AvgIpc) is 2.17. The van der Waals surface area contributed by atoms with E-state index in [1.807, 2.05) is 0 Å². The number of nitrogens with zero attached hydrogens (tertiary/aromatic N) is 2. The third-order valence-electron chi connectivity index (χ3n) is 1.68. The SMILES string of the molecule is CCOC(=O)c1cc(C(C)=O)nc(C)n1. The molecule has 0 aromatic carbocycles. The maximum Gasteiger partial charge on any atom is 0.357 e. The van der Waals surface area contributed by atoms with Crippen LogP contribution in [0.15, 0.2) is 6.07 Å². The number of carbonyl (C=O) groups is 2. The smallest absolute Gasteiger partial charge is 0.357 e. The Morgan fingerprint density at radius 2 is 1.93 bits per heavy atom. The number of Topliss-reactive ketones (excluding diaryl/α,β-unsaturated/α-hetero) is 1. The minimum absolute atomic E-state index is 0.120. The summed E-state index contributed by atoms with van der Waals surface area (Å²) < 4.78 is 4.78. The van der Waals surface area contributed by atoms with E-state index in [1.54, 1.807) is 13.8 Å². The van der Waals surface area contributed by atoms with Crippen LogP contribution in [-0.4, -0.2) is 28.3 Å². The molecular formula is C10H12N2O3. The first kappa shape index (κ1) is 11.3. The Kier molecular flexibility index (Phi) is 3.49. The fourth-order valence-electron chi connectivity index (χ4n) is 1.06. The van der Waals surface area contributed by atoms with Crippen molar-refractivity contribution in [1.29, 1.82) is 0 Å². The average molecular weight is 208 g/mol. The van der Waals surface area contributed by atoms with Crippen LogP contribution in [0, 0.1) is 6.92 Å². The van der Waals surface area contributed by atoms with Gasteiger partial charge in [-0.15, -0.1) is 0 Å². The van der Waals surface area contributed by atoms with E-state index >= 15 is 0 Å². The number of ether oxygens (including phenoxy) is 1. The van der Waals surface area contributed by atoms with Crippen LogP contribution in [0.3, 0.4) is 0 Å². The second kappa shape index (κ2) is 4.63. The molecule has 1 aromatic heterocycles. The molecule has 0 saturated heterocycles. The Hall–Kier alpha value is -1.78. The van der Waals surface area contributed by atoms with Gasteiger partial charge in [-0.05, 0) is 13.8 Å². The van der Waals surface area contributed by atoms with E-state index < -0.39 is 5.97 Å². The van der Waals surface area contributed by atoms with Crippen molar-refractivity contribution in [2.75, 3.05) is 6.61 Å². The molecule has 0 fully saturated rings. The Bertz CT molecular complexity index is 402. The summed E-state index contributed by atoms with van der Waals surface area (Å²) in [7, 11) is 0. The Labute approximate surface area is 87.5 Å². The number of carbonyl (C=O) groups excluding carboxylic acids is 2. The molecule has 0 amide bonds. The van der Waals surface area contributed by atoms with Crippen LogP contribution < -0.4 is 0 Å². The molecule has 0 saturated carbocycles. The van der Waals surface area contributed by atoms with E-state index in [4.69, 9.17) is 4.74 Å². The van der Waals surface area contributed by atoms with Crippen LogP contribution in [-0.2, 0) is 4.74 Å². The van der Waals surface area contributed by atoms with Crippen LogP contribution in [0.4, 0.5) is 0 Å². The van der Waals surface area contributed by atoms with E-state index in [9.17, 15) is 9.59 Å². The monoisotopic (exact) mass is 208 g/mol. The van der Waals surface area contributed by atoms with Gasteiger partial charge in [0, 0.05) is 13.0 Å². The highest BCUT2D eigenvalue weighted by Crippen LogP contribution is 2.04. The van der Waals surface area contributed by atoms with Gasteiger partial charge in [0.1, 0.15) is 11.5 Å². The molecule has 0 unspecified atom stereocenters. The van der Waals surface area contributed by atoms with Crippen molar-refractivity contribution in [3.05, 3.63) is 23.3 Å². The molecule has 15 heavy (non-hydrogen) atoms. The van der Waals surface area contributed by atoms with Crippen LogP contribution >= 0.6 is 0 Å². The third kappa shape index (κ3) is 2.83. The van der Waals surface area contributed by atoms with Gasteiger partial charge in [0.25, 0.3) is 0 Å². The second-order valence-electron chi connectivity index (χ2n) is 2.96. The fraction of sp³-hybridized carbons (Fsp3) is 0.400. The lowest BCUT2D eigenvalue weighted by molar-refractivity contribution is 0.0519. The van der Waals surface area contributed by atoms with Crippen molar-refractivity contribution in [3.8, 4) is 0 Å². The van der Waals surface area contributed by atoms with Crippen LogP contribution in [0.1, 0.15) is 40.6 Å². The highest BCUT2D eigenvalue weighted by Gasteiger charge is 2.12. The molecule has 0 bridgehead atoms. The van der Waals surface area contributed by atoms with Gasteiger partial charge in [0.05, 0.1) is 6.61 Å². The Balaban J connectivity index is 3.09. The maximum atomic E-state index is 11.3. The molecule has 80 valence electrons. The van der Waals surface area contributed by atoms with Gasteiger partial charge in [-0.3, -0.25) is 4.79 Å². The zero-order valence-corrected chi connectivity index (χ0v) is 8.90. The summed E-state index contributed by atoms with van der Waals surface area (Å²) in [6, 6.07) is 1.34. The third-order valence-corrected chi connectivity index (χ3v) is 1.68. The Morgan fingerprint density at radius 3 is 2.47 bits per heavy atom. The largest absolute Gasteiger partial charge is 0.461 e. The second-order valence-corrected chi connectivity index (χ2v) is 2.96. The fourth-order valence-corrected chi connectivity index (χ4v) is 1.06. The lowest BCUT2D eigenvalue weighted by atomic mass is 10.2. The quantitative estimate of drug-likeness (QED) is 0.550. The van der Waals surface area contributed by atoms with Gasteiger partial charge in [-0.1, -0.05) is 0 Å². The van der Waals surface area contributed by atoms with Gasteiger partial charge in [0.15, 0.2) is 11.5 Å². The van der Waals surface area contributed by atoms with Crippen molar-refractivity contribution in [2.24, 2.45) is 0 Å². The lowest BCUT2D eigenvalue weighted by Crippen LogP contribution is -2.11. The zero-order valence-electron chi connectivity index (χ0n) is 8.90. The number of rotatable bonds is 3. The first-order valence-corrected chi connectivity index (χ1v) is 4.58. The predicted octanol–water partition coefficient (Wildman–Crippen LogP) is 1.16. The van der Waals surface area contributed by atoms with Gasteiger partial charge >= 0.3 is 5.97 Å². The predicted molar refractivity (Wildman–Crippen MR) is 52.7 cm³/mol. The van der Waals surface area contributed by atoms with Crippen molar-refractivity contribution in [2.45, 2.75) is 20.8 Å². The molecule has 0 aliphatic rings. The molecule has 0 N–H and O–H groups in total. The van der Waals surface area contributed by atoms with Gasteiger partial charge in [-0.25, -0.2) is 14.8 Å². The minimum Gasteiger partial charge on any atom is -0.461 e. The Morgan fingerprint density at radius 1 is 1.33 bits per heavy atom. The van der Waals surface area contributed by atoms with Gasteiger partial charge < -0.3 is 4.74 Å². The van der Waals surface area contributed by atoms with Gasteiger partial charge in [0.2, 0.25) is 0 Å². The number of esters is 1. The summed E-state index contributed by atoms with van der Waals surface area (Å²) in [6.07, 6.45) is 0. The van der Waals surface area contributed by atoms with Gasteiger partial charge in [-0.2, -0.15) is 0 Å². The number of hydrogen-bond donors (Lipinski definition) is 0. The highest BCUT2D eigenvalue weighted by atomic mass is 16.5. The molecule has 1 heterocycles. The summed E-state index contributed by atoms with van der Waals surface area (Å²) in [5, 5.41) is 0. The minimum atomic E-state index is -0.537. The number of ketones is 1. The highest BCUT2D eigenvalue weighted by molar-refractivity contribution is 5.95. The molecule has 0 atom stereocenters. The van der Waals surface area contributed by atoms with Crippen LogP contribution in [0.5, 0.6) is 0 Å². The zero-order chi connectivity index (χ0) is 11.4. The number of aryl methyl sites for hydroxylation is 1. The van der Waals surface area contributed by atoms with E-state index in [2.05, 4.69) is 9.97 Å². The van der Waals surface area contributed by atoms with Crippen LogP contribution in [0.25, 0.3) is 0 Å². The summed E-state index contributed by atoms with van der Waals surface area (Å²) in [6.45, 7) is 4.99. The lowest BCUT2D eigenvalue weighted by Gasteiger charge is -2.03. The van der Waals surface area contributed by atoms with Crippen molar-refractivity contribution in [1.82, 2.24) is 9.97 Å². The molecule has 1 aromatic rings. The van der Waals surface area contributed by atoms with Crippen molar-refractivity contribution < 1.29 is 14.3 Å². The summed E-state index contributed by atoms with van der Waals surface area (Å²) >= 11 is 0. The standard InChI is InChI=1S/C10H12N2O3/c1-4-15-10(14)9-5-8(6(2)13)11-7(3)12-9/h5H,4H2,1-3H3. The molecular weight excluding hydrogens is 196 g/mol. The van der Waals surface area contributed by atoms with Crippen molar-refractivity contribution >= 4 is 11.8 Å². The molecule has 0 spiro atoms.